The molecule has 0 spiro atoms. The molecule has 2 N–H and O–H groups in total. The summed E-state index contributed by atoms with van der Waals surface area (Å²) >= 11 is 0. The molecule has 0 unspecified atom stereocenters. The normalized spacial score (nSPS) is 13.0. The Hall–Kier alpha value is -3.88. The van der Waals surface area contributed by atoms with E-state index in [9.17, 15) is 19.2 Å². The third-order valence-electron chi connectivity index (χ3n) is 5.10. The molecule has 0 saturated carbocycles. The second-order valence-electron chi connectivity index (χ2n) is 7.69. The summed E-state index contributed by atoms with van der Waals surface area (Å²) in [7, 11) is 2.43. The molecule has 34 heavy (non-hydrogen) atoms. The van der Waals surface area contributed by atoms with E-state index in [1.807, 2.05) is 60.7 Å². The zero-order chi connectivity index (χ0) is 24.9. The molecule has 9 heteroatoms. The predicted octanol–water partition coefficient (Wildman–Crippen LogP) is 2.38. The molecule has 182 valence electrons. The van der Waals surface area contributed by atoms with Crippen LogP contribution in [0.5, 0.6) is 0 Å². The molecule has 0 aromatic heterocycles. The molecular formula is C25H30N2O7. The Labute approximate surface area is 198 Å². The van der Waals surface area contributed by atoms with E-state index in [-0.39, 0.29) is 19.4 Å². The number of amides is 2. The summed E-state index contributed by atoms with van der Waals surface area (Å²) in [6.45, 7) is 1.61. The maximum absolute atomic E-state index is 13.1. The van der Waals surface area contributed by atoms with Gasteiger partial charge in [-0.25, -0.2) is 9.59 Å². The van der Waals surface area contributed by atoms with Crippen molar-refractivity contribution in [1.29, 1.82) is 0 Å². The van der Waals surface area contributed by atoms with Crippen molar-refractivity contribution >= 4 is 23.9 Å². The van der Waals surface area contributed by atoms with Gasteiger partial charge in [0.25, 0.3) is 0 Å². The van der Waals surface area contributed by atoms with E-state index in [0.717, 1.165) is 11.1 Å². The number of nitrogens with one attached hydrogen (secondary N) is 2. The quantitative estimate of drug-likeness (QED) is 0.382. The fraction of sp³-hybridized carbons (Fsp3) is 0.360. The summed E-state index contributed by atoms with van der Waals surface area (Å²) in [6, 6.07) is 16.1. The highest BCUT2D eigenvalue weighted by Gasteiger charge is 2.31. The first kappa shape index (κ1) is 26.4. The van der Waals surface area contributed by atoms with Crippen molar-refractivity contribution in [3.05, 3.63) is 71.8 Å². The van der Waals surface area contributed by atoms with Crippen LogP contribution >= 0.6 is 0 Å². The minimum Gasteiger partial charge on any atom is -0.469 e. The monoisotopic (exact) mass is 470 g/mol. The van der Waals surface area contributed by atoms with E-state index < -0.39 is 41.9 Å². The number of hydrogen-bond donors (Lipinski definition) is 2. The molecule has 0 saturated heterocycles. The third-order valence-corrected chi connectivity index (χ3v) is 5.10. The van der Waals surface area contributed by atoms with Gasteiger partial charge in [0.15, 0.2) is 0 Å². The lowest BCUT2D eigenvalue weighted by atomic mass is 10.0. The number of hydrogen-bond acceptors (Lipinski definition) is 7. The molecule has 9 nitrogen and oxygen atoms in total. The number of carbonyl (C=O) groups excluding carboxylic acids is 4. The van der Waals surface area contributed by atoms with Gasteiger partial charge in [-0.3, -0.25) is 9.59 Å². The van der Waals surface area contributed by atoms with Crippen molar-refractivity contribution in [2.45, 2.75) is 38.5 Å². The van der Waals surface area contributed by atoms with Gasteiger partial charge in [0, 0.05) is 6.42 Å². The SMILES string of the molecule is COC(=O)[C@H](C)C[C@H](NC(=O)[C@@H](Cc1ccccc1)NC(=O)OCc1ccccc1)C(=O)OC. The molecule has 0 aliphatic rings. The van der Waals surface area contributed by atoms with Gasteiger partial charge in [0.2, 0.25) is 5.91 Å². The summed E-state index contributed by atoms with van der Waals surface area (Å²) in [5.74, 6) is -2.51. The molecular weight excluding hydrogens is 440 g/mol. The molecule has 0 aliphatic carbocycles. The van der Waals surface area contributed by atoms with Gasteiger partial charge < -0.3 is 24.8 Å². The molecule has 0 fully saturated rings. The lowest BCUT2D eigenvalue weighted by molar-refractivity contribution is -0.149. The number of ether oxygens (including phenoxy) is 3. The molecule has 2 amide bonds. The highest BCUT2D eigenvalue weighted by Crippen LogP contribution is 2.11. The molecule has 2 aromatic rings. The molecule has 0 aliphatic heterocycles. The van der Waals surface area contributed by atoms with Gasteiger partial charge in [0.05, 0.1) is 20.1 Å². The van der Waals surface area contributed by atoms with Crippen LogP contribution in [0.2, 0.25) is 0 Å². The minimum atomic E-state index is -1.10. The molecule has 2 aromatic carbocycles. The maximum Gasteiger partial charge on any atom is 0.408 e. The van der Waals surface area contributed by atoms with Crippen molar-refractivity contribution in [2.75, 3.05) is 14.2 Å². The van der Waals surface area contributed by atoms with Crippen LogP contribution in [0, 0.1) is 5.92 Å². The summed E-state index contributed by atoms with van der Waals surface area (Å²) in [5.41, 5.74) is 1.59. The first-order valence-corrected chi connectivity index (χ1v) is 10.8. The Morgan fingerprint density at radius 3 is 1.88 bits per heavy atom. The zero-order valence-corrected chi connectivity index (χ0v) is 19.5. The van der Waals surface area contributed by atoms with Gasteiger partial charge in [-0.15, -0.1) is 0 Å². The lowest BCUT2D eigenvalue weighted by Gasteiger charge is -2.23. The number of alkyl carbamates (subject to hydrolysis) is 1. The number of methoxy groups -OCH3 is 2. The second kappa shape index (κ2) is 13.6. The largest absolute Gasteiger partial charge is 0.469 e. The highest BCUT2D eigenvalue weighted by atomic mass is 16.5. The van der Waals surface area contributed by atoms with Crippen molar-refractivity contribution in [3.8, 4) is 0 Å². The topological polar surface area (TPSA) is 120 Å². The van der Waals surface area contributed by atoms with Crippen LogP contribution in [0.1, 0.15) is 24.5 Å². The predicted molar refractivity (Wildman–Crippen MR) is 123 cm³/mol. The van der Waals surface area contributed by atoms with E-state index in [2.05, 4.69) is 10.6 Å². The van der Waals surface area contributed by atoms with Gasteiger partial charge >= 0.3 is 18.0 Å². The molecule has 3 atom stereocenters. The fourth-order valence-corrected chi connectivity index (χ4v) is 3.25. The number of esters is 2. The van der Waals surface area contributed by atoms with Gasteiger partial charge in [0.1, 0.15) is 18.7 Å². The number of rotatable bonds is 11. The van der Waals surface area contributed by atoms with Crippen LogP contribution in [-0.4, -0.2) is 50.2 Å². The highest BCUT2D eigenvalue weighted by molar-refractivity contribution is 5.90. The summed E-state index contributed by atoms with van der Waals surface area (Å²) in [5, 5.41) is 5.15. The standard InChI is InChI=1S/C25H30N2O7/c1-17(23(29)32-2)14-21(24(30)33-3)26-22(28)20(15-18-10-6-4-7-11-18)27-25(31)34-16-19-12-8-5-9-13-19/h4-13,17,20-21H,14-16H2,1-3H3,(H,26,28)(H,27,31)/t17-,20-,21+/m1/s1. The van der Waals surface area contributed by atoms with Gasteiger partial charge in [-0.05, 0) is 17.5 Å². The fourth-order valence-electron chi connectivity index (χ4n) is 3.25. The number of carbonyl (C=O) groups is 4. The molecule has 0 bridgehead atoms. The van der Waals surface area contributed by atoms with Gasteiger partial charge in [-0.2, -0.15) is 0 Å². The molecule has 2 rings (SSSR count). The van der Waals surface area contributed by atoms with Crippen LogP contribution in [0.15, 0.2) is 60.7 Å². The Kier molecular flexibility index (Phi) is 10.6. The maximum atomic E-state index is 13.1. The van der Waals surface area contributed by atoms with Crippen molar-refractivity contribution in [2.24, 2.45) is 5.92 Å². The van der Waals surface area contributed by atoms with Crippen molar-refractivity contribution in [3.63, 3.8) is 0 Å². The summed E-state index contributed by atoms with van der Waals surface area (Å²) in [4.78, 5) is 49.6. The summed E-state index contributed by atoms with van der Waals surface area (Å²) < 4.78 is 14.7. The third kappa shape index (κ3) is 8.57. The average Bonchev–Trinajstić information content (AvgIpc) is 2.86. The van der Waals surface area contributed by atoms with Gasteiger partial charge in [-0.1, -0.05) is 67.6 Å². The number of benzene rings is 2. The van der Waals surface area contributed by atoms with E-state index in [1.165, 1.54) is 14.2 Å². The van der Waals surface area contributed by atoms with E-state index in [4.69, 9.17) is 14.2 Å². The second-order valence-corrected chi connectivity index (χ2v) is 7.69. The van der Waals surface area contributed by atoms with Crippen LogP contribution in [-0.2, 0) is 41.6 Å². The average molecular weight is 471 g/mol. The van der Waals surface area contributed by atoms with Crippen LogP contribution in [0.25, 0.3) is 0 Å². The zero-order valence-electron chi connectivity index (χ0n) is 19.5. The first-order valence-electron chi connectivity index (χ1n) is 10.8. The molecule has 0 radical (unpaired) electrons. The molecule has 0 heterocycles. The Balaban J connectivity index is 2.11. The smallest absolute Gasteiger partial charge is 0.408 e. The van der Waals surface area contributed by atoms with Crippen molar-refractivity contribution in [1.82, 2.24) is 10.6 Å². The lowest BCUT2D eigenvalue weighted by Crippen LogP contribution is -2.53. The summed E-state index contributed by atoms with van der Waals surface area (Å²) in [6.07, 6.45) is -0.646. The Bertz CT molecular complexity index is 950. The van der Waals surface area contributed by atoms with Crippen LogP contribution in [0.4, 0.5) is 4.79 Å². The van der Waals surface area contributed by atoms with E-state index >= 15 is 0 Å². The Morgan fingerprint density at radius 1 is 0.765 bits per heavy atom. The van der Waals surface area contributed by atoms with E-state index in [1.54, 1.807) is 6.92 Å². The Morgan fingerprint density at radius 2 is 1.32 bits per heavy atom. The van der Waals surface area contributed by atoms with Crippen LogP contribution in [0.3, 0.4) is 0 Å². The van der Waals surface area contributed by atoms with Crippen molar-refractivity contribution < 1.29 is 33.4 Å². The first-order chi connectivity index (χ1) is 16.3. The minimum absolute atomic E-state index is 0.0262. The van der Waals surface area contributed by atoms with E-state index in [0.29, 0.717) is 0 Å². The van der Waals surface area contributed by atoms with Crippen LogP contribution < -0.4 is 10.6 Å².